The number of carbonyl (C=O) groups excluding carboxylic acids is 1. The van der Waals surface area contributed by atoms with Crippen LogP contribution in [0.5, 0.6) is 5.88 Å². The molecule has 1 aromatic heterocycles. The fourth-order valence-corrected chi connectivity index (χ4v) is 1.22. The van der Waals surface area contributed by atoms with Crippen LogP contribution >= 0.6 is 0 Å². The standard InChI is InChI=1S/C11H17N3O2/c1-2-5-13-7-8-16-11-9(10(12)15)4-3-6-14-11/h3-4,6,13H,2,5,7-8H2,1H3,(H2,12,15). The predicted molar refractivity (Wildman–Crippen MR) is 61.4 cm³/mol. The van der Waals surface area contributed by atoms with Crippen molar-refractivity contribution in [3.63, 3.8) is 0 Å². The molecule has 1 rings (SSSR count). The Kier molecular flexibility index (Phi) is 5.28. The summed E-state index contributed by atoms with van der Waals surface area (Å²) in [6, 6.07) is 3.26. The van der Waals surface area contributed by atoms with E-state index in [-0.39, 0.29) is 0 Å². The number of primary amides is 1. The fraction of sp³-hybridized carbons (Fsp3) is 0.455. The van der Waals surface area contributed by atoms with E-state index in [0.29, 0.717) is 18.1 Å². The largest absolute Gasteiger partial charge is 0.476 e. The van der Waals surface area contributed by atoms with Crippen LogP contribution in [0.4, 0.5) is 0 Å². The molecule has 0 radical (unpaired) electrons. The lowest BCUT2D eigenvalue weighted by molar-refractivity contribution is 0.0995. The van der Waals surface area contributed by atoms with Gasteiger partial charge in [-0.1, -0.05) is 6.92 Å². The normalized spacial score (nSPS) is 10.1. The highest BCUT2D eigenvalue weighted by Crippen LogP contribution is 2.12. The molecule has 16 heavy (non-hydrogen) atoms. The van der Waals surface area contributed by atoms with Gasteiger partial charge < -0.3 is 15.8 Å². The van der Waals surface area contributed by atoms with E-state index in [1.165, 1.54) is 0 Å². The molecule has 0 unspecified atom stereocenters. The number of amides is 1. The van der Waals surface area contributed by atoms with Crippen molar-refractivity contribution < 1.29 is 9.53 Å². The molecule has 0 saturated heterocycles. The van der Waals surface area contributed by atoms with E-state index in [0.717, 1.165) is 19.5 Å². The zero-order valence-electron chi connectivity index (χ0n) is 9.40. The third-order valence-corrected chi connectivity index (χ3v) is 1.98. The monoisotopic (exact) mass is 223 g/mol. The summed E-state index contributed by atoms with van der Waals surface area (Å²) in [5.74, 6) is -0.224. The van der Waals surface area contributed by atoms with Crippen LogP contribution in [0.15, 0.2) is 18.3 Å². The first-order valence-electron chi connectivity index (χ1n) is 5.34. The number of nitrogens with zero attached hydrogens (tertiary/aromatic N) is 1. The minimum Gasteiger partial charge on any atom is -0.476 e. The third kappa shape index (κ3) is 3.86. The zero-order valence-corrected chi connectivity index (χ0v) is 9.40. The van der Waals surface area contributed by atoms with E-state index in [2.05, 4.69) is 17.2 Å². The minimum absolute atomic E-state index is 0.299. The SMILES string of the molecule is CCCNCCOc1ncccc1C(N)=O. The maximum absolute atomic E-state index is 11.0. The Labute approximate surface area is 95.0 Å². The third-order valence-electron chi connectivity index (χ3n) is 1.98. The Morgan fingerprint density at radius 2 is 2.38 bits per heavy atom. The lowest BCUT2D eigenvalue weighted by Crippen LogP contribution is -2.23. The van der Waals surface area contributed by atoms with Crippen LogP contribution in [0.1, 0.15) is 23.7 Å². The van der Waals surface area contributed by atoms with Crippen LogP contribution < -0.4 is 15.8 Å². The van der Waals surface area contributed by atoms with Gasteiger partial charge in [0.1, 0.15) is 12.2 Å². The van der Waals surface area contributed by atoms with Crippen molar-refractivity contribution in [2.75, 3.05) is 19.7 Å². The smallest absolute Gasteiger partial charge is 0.254 e. The van der Waals surface area contributed by atoms with Gasteiger partial charge in [0.05, 0.1) is 0 Å². The van der Waals surface area contributed by atoms with Gasteiger partial charge in [-0.25, -0.2) is 4.98 Å². The summed E-state index contributed by atoms with van der Waals surface area (Å²) < 4.78 is 5.37. The van der Waals surface area contributed by atoms with Gasteiger partial charge in [-0.05, 0) is 25.1 Å². The molecule has 1 aromatic rings. The van der Waals surface area contributed by atoms with Crippen LogP contribution in [0.3, 0.4) is 0 Å². The second-order valence-electron chi connectivity index (χ2n) is 3.32. The molecule has 0 spiro atoms. The summed E-state index contributed by atoms with van der Waals surface area (Å²) in [7, 11) is 0. The molecule has 0 aliphatic heterocycles. The second-order valence-corrected chi connectivity index (χ2v) is 3.32. The molecule has 88 valence electrons. The van der Waals surface area contributed by atoms with Crippen molar-refractivity contribution in [2.45, 2.75) is 13.3 Å². The Morgan fingerprint density at radius 1 is 1.56 bits per heavy atom. The van der Waals surface area contributed by atoms with Crippen LogP contribution in [0.2, 0.25) is 0 Å². The number of carbonyl (C=O) groups is 1. The van der Waals surface area contributed by atoms with Crippen LogP contribution in [-0.4, -0.2) is 30.6 Å². The first kappa shape index (κ1) is 12.4. The highest BCUT2D eigenvalue weighted by Gasteiger charge is 2.09. The second kappa shape index (κ2) is 6.79. The van der Waals surface area contributed by atoms with Gasteiger partial charge in [0.2, 0.25) is 5.88 Å². The first-order valence-corrected chi connectivity index (χ1v) is 5.34. The zero-order chi connectivity index (χ0) is 11.8. The maximum Gasteiger partial charge on any atom is 0.254 e. The average Bonchev–Trinajstić information content (AvgIpc) is 2.29. The van der Waals surface area contributed by atoms with E-state index in [1.807, 2.05) is 0 Å². The van der Waals surface area contributed by atoms with Gasteiger partial charge in [0.25, 0.3) is 5.91 Å². The number of nitrogens with one attached hydrogen (secondary N) is 1. The van der Waals surface area contributed by atoms with E-state index in [4.69, 9.17) is 10.5 Å². The lowest BCUT2D eigenvalue weighted by Gasteiger charge is -2.08. The van der Waals surface area contributed by atoms with Crippen molar-refractivity contribution in [2.24, 2.45) is 5.73 Å². The van der Waals surface area contributed by atoms with Gasteiger partial charge in [0.15, 0.2) is 0 Å². The molecule has 5 heteroatoms. The molecule has 5 nitrogen and oxygen atoms in total. The van der Waals surface area contributed by atoms with Crippen molar-refractivity contribution in [1.82, 2.24) is 10.3 Å². The summed E-state index contributed by atoms with van der Waals surface area (Å²) in [6.07, 6.45) is 2.65. The van der Waals surface area contributed by atoms with Crippen molar-refractivity contribution >= 4 is 5.91 Å². The highest BCUT2D eigenvalue weighted by molar-refractivity contribution is 5.94. The Morgan fingerprint density at radius 3 is 3.06 bits per heavy atom. The maximum atomic E-state index is 11.0. The predicted octanol–water partition coefficient (Wildman–Crippen LogP) is 0.559. The number of aromatic nitrogens is 1. The molecule has 1 heterocycles. The molecule has 3 N–H and O–H groups in total. The minimum atomic E-state index is -0.524. The summed E-state index contributed by atoms with van der Waals surface area (Å²) in [5.41, 5.74) is 5.51. The van der Waals surface area contributed by atoms with Crippen LogP contribution in [0, 0.1) is 0 Å². The number of pyridine rings is 1. The van der Waals surface area contributed by atoms with Crippen LogP contribution in [0.25, 0.3) is 0 Å². The molecule has 1 amide bonds. The molecule has 0 bridgehead atoms. The average molecular weight is 223 g/mol. The molecule has 0 saturated carbocycles. The number of nitrogens with two attached hydrogens (primary N) is 1. The summed E-state index contributed by atoms with van der Waals surface area (Å²) in [5, 5.41) is 3.19. The van der Waals surface area contributed by atoms with Crippen molar-refractivity contribution in [3.8, 4) is 5.88 Å². The molecule has 0 aliphatic carbocycles. The molecule has 0 atom stereocenters. The van der Waals surface area contributed by atoms with E-state index < -0.39 is 5.91 Å². The molecular weight excluding hydrogens is 206 g/mol. The summed E-state index contributed by atoms with van der Waals surface area (Å²) in [4.78, 5) is 15.0. The first-order chi connectivity index (χ1) is 7.75. The number of hydrogen-bond donors (Lipinski definition) is 2. The molecular formula is C11H17N3O2. The number of ether oxygens (including phenoxy) is 1. The highest BCUT2D eigenvalue weighted by atomic mass is 16.5. The Bertz CT molecular complexity index is 342. The van der Waals surface area contributed by atoms with E-state index in [9.17, 15) is 4.79 Å². The van der Waals surface area contributed by atoms with Crippen molar-refractivity contribution in [3.05, 3.63) is 23.9 Å². The molecule has 0 aromatic carbocycles. The summed E-state index contributed by atoms with van der Waals surface area (Å²) in [6.45, 7) is 4.24. The van der Waals surface area contributed by atoms with E-state index >= 15 is 0 Å². The Balaban J connectivity index is 2.44. The summed E-state index contributed by atoms with van der Waals surface area (Å²) >= 11 is 0. The fourth-order valence-electron chi connectivity index (χ4n) is 1.22. The number of hydrogen-bond acceptors (Lipinski definition) is 4. The lowest BCUT2D eigenvalue weighted by atomic mass is 10.2. The van der Waals surface area contributed by atoms with Gasteiger partial charge in [-0.2, -0.15) is 0 Å². The molecule has 0 fully saturated rings. The Hall–Kier alpha value is -1.62. The van der Waals surface area contributed by atoms with Gasteiger partial charge in [-0.3, -0.25) is 4.79 Å². The van der Waals surface area contributed by atoms with Gasteiger partial charge in [-0.15, -0.1) is 0 Å². The van der Waals surface area contributed by atoms with E-state index in [1.54, 1.807) is 18.3 Å². The van der Waals surface area contributed by atoms with Crippen molar-refractivity contribution in [1.29, 1.82) is 0 Å². The number of rotatable bonds is 7. The van der Waals surface area contributed by atoms with Gasteiger partial charge >= 0.3 is 0 Å². The molecule has 0 aliphatic rings. The van der Waals surface area contributed by atoms with Crippen LogP contribution in [-0.2, 0) is 0 Å². The quantitative estimate of drug-likeness (QED) is 0.662. The topological polar surface area (TPSA) is 77.2 Å². The van der Waals surface area contributed by atoms with Gasteiger partial charge in [0, 0.05) is 12.7 Å².